The Balaban J connectivity index is 1.25. The molecular formula is C24H25ClO4. The molecule has 152 valence electrons. The Labute approximate surface area is 175 Å². The molecule has 29 heavy (non-hydrogen) atoms. The fourth-order valence-electron chi connectivity index (χ4n) is 5.06. The van der Waals surface area contributed by atoms with Gasteiger partial charge in [0.2, 0.25) is 0 Å². The van der Waals surface area contributed by atoms with Crippen molar-refractivity contribution in [2.75, 3.05) is 0 Å². The number of ether oxygens (including phenoxy) is 2. The van der Waals surface area contributed by atoms with Crippen LogP contribution in [-0.2, 0) is 17.8 Å². The minimum absolute atomic E-state index is 0.0276. The van der Waals surface area contributed by atoms with E-state index in [1.165, 1.54) is 24.0 Å². The van der Waals surface area contributed by atoms with Gasteiger partial charge >= 0.3 is 5.97 Å². The fourth-order valence-corrected chi connectivity index (χ4v) is 5.32. The fraction of sp³-hybridized carbons (Fsp3) is 0.458. The molecule has 1 spiro atoms. The van der Waals surface area contributed by atoms with Gasteiger partial charge in [-0.15, -0.1) is 0 Å². The van der Waals surface area contributed by atoms with Crippen LogP contribution in [0.25, 0.3) is 0 Å². The van der Waals surface area contributed by atoms with E-state index < -0.39 is 5.97 Å². The van der Waals surface area contributed by atoms with Gasteiger partial charge in [-0.1, -0.05) is 23.7 Å². The summed E-state index contributed by atoms with van der Waals surface area (Å²) in [5, 5.41) is 9.66. The van der Waals surface area contributed by atoms with Crippen molar-refractivity contribution in [2.24, 2.45) is 5.92 Å². The molecule has 0 radical (unpaired) electrons. The van der Waals surface area contributed by atoms with Crippen LogP contribution in [0.3, 0.4) is 0 Å². The largest absolute Gasteiger partial charge is 0.489 e. The van der Waals surface area contributed by atoms with Gasteiger partial charge in [-0.3, -0.25) is 4.79 Å². The molecule has 2 fully saturated rings. The third-order valence-corrected chi connectivity index (χ3v) is 6.83. The van der Waals surface area contributed by atoms with Crippen LogP contribution in [0.15, 0.2) is 36.4 Å². The van der Waals surface area contributed by atoms with E-state index >= 15 is 0 Å². The average molecular weight is 413 g/mol. The number of hydrogen-bond acceptors (Lipinski definition) is 3. The maximum atomic E-state index is 10.8. The van der Waals surface area contributed by atoms with E-state index in [0.717, 1.165) is 47.8 Å². The number of benzene rings is 2. The van der Waals surface area contributed by atoms with E-state index in [4.69, 9.17) is 26.2 Å². The Morgan fingerprint density at radius 1 is 1.21 bits per heavy atom. The van der Waals surface area contributed by atoms with E-state index in [1.807, 2.05) is 36.4 Å². The van der Waals surface area contributed by atoms with Crippen LogP contribution in [0, 0.1) is 5.92 Å². The highest BCUT2D eigenvalue weighted by molar-refractivity contribution is 6.30. The first kappa shape index (κ1) is 18.8. The monoisotopic (exact) mass is 412 g/mol. The molecule has 1 N–H and O–H groups in total. The van der Waals surface area contributed by atoms with Crippen molar-refractivity contribution in [2.45, 2.75) is 63.1 Å². The van der Waals surface area contributed by atoms with E-state index in [9.17, 15) is 4.79 Å². The van der Waals surface area contributed by atoms with E-state index in [0.29, 0.717) is 12.5 Å². The minimum Gasteiger partial charge on any atom is -0.489 e. The summed E-state index contributed by atoms with van der Waals surface area (Å²) < 4.78 is 12.5. The predicted octanol–water partition coefficient (Wildman–Crippen LogP) is 5.74. The topological polar surface area (TPSA) is 55.8 Å². The summed E-state index contributed by atoms with van der Waals surface area (Å²) >= 11 is 6.36. The first-order valence-corrected chi connectivity index (χ1v) is 10.8. The molecule has 4 nitrogen and oxygen atoms in total. The Morgan fingerprint density at radius 2 is 1.97 bits per heavy atom. The van der Waals surface area contributed by atoms with Gasteiger partial charge in [0.15, 0.2) is 0 Å². The quantitative estimate of drug-likeness (QED) is 0.656. The lowest BCUT2D eigenvalue weighted by atomic mass is 9.95. The predicted molar refractivity (Wildman–Crippen MR) is 111 cm³/mol. The highest BCUT2D eigenvalue weighted by Gasteiger charge is 2.43. The lowest BCUT2D eigenvalue weighted by molar-refractivity contribution is -0.137. The zero-order chi connectivity index (χ0) is 20.0. The van der Waals surface area contributed by atoms with Crippen LogP contribution >= 0.6 is 11.6 Å². The Bertz CT molecular complexity index is 931. The minimum atomic E-state index is -0.715. The Hall–Kier alpha value is -2.20. The van der Waals surface area contributed by atoms with Crippen molar-refractivity contribution in [3.63, 3.8) is 0 Å². The van der Waals surface area contributed by atoms with E-state index in [-0.39, 0.29) is 17.9 Å². The molecule has 2 unspecified atom stereocenters. The van der Waals surface area contributed by atoms with Gasteiger partial charge < -0.3 is 14.6 Å². The number of fused-ring (bicyclic) bond motifs is 1. The number of hydrogen-bond donors (Lipinski definition) is 1. The van der Waals surface area contributed by atoms with Gasteiger partial charge in [0.25, 0.3) is 0 Å². The van der Waals surface area contributed by atoms with Crippen molar-refractivity contribution in [3.8, 4) is 11.5 Å². The SMILES string of the molecule is O=C(O)CC1CC1c1ccc(OCc2cc(Cl)cc3c2OC2(CCCC2)C3)cc1. The summed E-state index contributed by atoms with van der Waals surface area (Å²) in [6.45, 7) is 0.420. The first-order chi connectivity index (χ1) is 14.0. The molecule has 2 aromatic rings. The number of carbonyl (C=O) groups is 1. The molecule has 1 aliphatic heterocycles. The van der Waals surface area contributed by atoms with E-state index in [2.05, 4.69) is 0 Å². The molecule has 0 amide bonds. The molecule has 0 saturated heterocycles. The lowest BCUT2D eigenvalue weighted by Gasteiger charge is -2.23. The number of rotatable bonds is 6. The number of aliphatic carboxylic acids is 1. The van der Waals surface area contributed by atoms with Crippen molar-refractivity contribution < 1.29 is 19.4 Å². The molecule has 2 atom stereocenters. The van der Waals surface area contributed by atoms with Crippen LogP contribution in [0.1, 0.15) is 61.1 Å². The smallest absolute Gasteiger partial charge is 0.303 e. The summed E-state index contributed by atoms with van der Waals surface area (Å²) in [5.74, 6) is 1.68. The first-order valence-electron chi connectivity index (χ1n) is 10.5. The summed E-state index contributed by atoms with van der Waals surface area (Å²) in [7, 11) is 0. The highest BCUT2D eigenvalue weighted by Crippen LogP contribution is 2.50. The summed E-state index contributed by atoms with van der Waals surface area (Å²) in [6, 6.07) is 12.0. The summed E-state index contributed by atoms with van der Waals surface area (Å²) in [6.07, 6.45) is 6.85. The zero-order valence-corrected chi connectivity index (χ0v) is 17.1. The summed E-state index contributed by atoms with van der Waals surface area (Å²) in [4.78, 5) is 10.8. The van der Waals surface area contributed by atoms with Gasteiger partial charge in [-0.2, -0.15) is 0 Å². The lowest BCUT2D eigenvalue weighted by Crippen LogP contribution is -2.30. The van der Waals surface area contributed by atoms with Crippen molar-refractivity contribution >= 4 is 17.6 Å². The van der Waals surface area contributed by atoms with Crippen LogP contribution in [0.5, 0.6) is 11.5 Å². The maximum absolute atomic E-state index is 10.8. The molecule has 2 aliphatic carbocycles. The second-order valence-corrected chi connectivity index (χ2v) is 9.22. The van der Waals surface area contributed by atoms with Crippen molar-refractivity contribution in [1.82, 2.24) is 0 Å². The summed E-state index contributed by atoms with van der Waals surface area (Å²) in [5.41, 5.74) is 3.37. The highest BCUT2D eigenvalue weighted by atomic mass is 35.5. The van der Waals surface area contributed by atoms with Crippen molar-refractivity contribution in [1.29, 1.82) is 0 Å². The van der Waals surface area contributed by atoms with E-state index in [1.54, 1.807) is 0 Å². The molecule has 2 saturated carbocycles. The molecule has 2 aromatic carbocycles. The normalized spacial score (nSPS) is 23.6. The van der Waals surface area contributed by atoms with Crippen LogP contribution in [-0.4, -0.2) is 16.7 Å². The van der Waals surface area contributed by atoms with Crippen LogP contribution in [0.2, 0.25) is 5.02 Å². The van der Waals surface area contributed by atoms with Gasteiger partial charge in [-0.05, 0) is 73.8 Å². The molecule has 5 rings (SSSR count). The third kappa shape index (κ3) is 3.83. The number of halogens is 1. The second-order valence-electron chi connectivity index (χ2n) is 8.78. The average Bonchev–Trinajstić information content (AvgIpc) is 3.13. The molecular weight excluding hydrogens is 388 g/mol. The molecule has 0 aromatic heterocycles. The molecule has 1 heterocycles. The Morgan fingerprint density at radius 3 is 2.69 bits per heavy atom. The zero-order valence-electron chi connectivity index (χ0n) is 16.3. The molecule has 3 aliphatic rings. The number of carboxylic acid groups (broad SMARTS) is 1. The van der Waals surface area contributed by atoms with Gasteiger partial charge in [0.1, 0.15) is 23.7 Å². The third-order valence-electron chi connectivity index (χ3n) is 6.62. The van der Waals surface area contributed by atoms with Gasteiger partial charge in [-0.25, -0.2) is 0 Å². The van der Waals surface area contributed by atoms with Crippen molar-refractivity contribution in [3.05, 3.63) is 58.1 Å². The standard InChI is InChI=1S/C24H25ClO4/c25-19-9-17-13-24(7-1-2-8-24)29-23(17)18(10-19)14-28-20-5-3-15(4-6-20)21-11-16(21)12-22(26)27/h3-6,9-10,16,21H,1-2,7-8,11-14H2,(H,26,27). The van der Waals surface area contributed by atoms with Crippen LogP contribution < -0.4 is 9.47 Å². The second kappa shape index (κ2) is 7.24. The van der Waals surface area contributed by atoms with Gasteiger partial charge in [0, 0.05) is 29.0 Å². The van der Waals surface area contributed by atoms with Crippen LogP contribution in [0.4, 0.5) is 0 Å². The molecule has 0 bridgehead atoms. The maximum Gasteiger partial charge on any atom is 0.303 e. The number of carboxylic acids is 1. The van der Waals surface area contributed by atoms with Gasteiger partial charge in [0.05, 0.1) is 0 Å². The molecule has 5 heteroatoms. The Kier molecular flexibility index (Phi) is 4.70.